The molecule has 3 saturated heterocycles. The molecular formula is C22H25N5O2. The highest BCUT2D eigenvalue weighted by molar-refractivity contribution is 5.79. The van der Waals surface area contributed by atoms with Gasteiger partial charge < -0.3 is 9.73 Å². The quantitative estimate of drug-likeness (QED) is 0.699. The van der Waals surface area contributed by atoms with Crippen LogP contribution in [0, 0.1) is 11.8 Å². The molecule has 3 aliphatic rings. The first-order chi connectivity index (χ1) is 14.3. The molecule has 3 aliphatic heterocycles. The Morgan fingerprint density at radius 2 is 2.10 bits per heavy atom. The molecule has 1 amide bonds. The third kappa shape index (κ3) is 3.82. The van der Waals surface area contributed by atoms with E-state index in [9.17, 15) is 4.79 Å². The van der Waals surface area contributed by atoms with E-state index in [2.05, 4.69) is 20.5 Å². The predicted molar refractivity (Wildman–Crippen MR) is 108 cm³/mol. The number of carbonyl (C=O) groups excluding carboxylic acids is 1. The van der Waals surface area contributed by atoms with Crippen LogP contribution in [0.4, 0.5) is 0 Å². The fraction of sp³-hybridized carbons (Fsp3) is 0.409. The summed E-state index contributed by atoms with van der Waals surface area (Å²) >= 11 is 0. The first-order valence-electron chi connectivity index (χ1n) is 10.3. The van der Waals surface area contributed by atoms with Crippen LogP contribution in [0.3, 0.4) is 0 Å². The van der Waals surface area contributed by atoms with Crippen LogP contribution in [0.15, 0.2) is 59.3 Å². The molecule has 4 atom stereocenters. The smallest absolute Gasteiger partial charge is 0.225 e. The summed E-state index contributed by atoms with van der Waals surface area (Å²) in [5, 5.41) is 11.7. The maximum atomic E-state index is 12.7. The lowest BCUT2D eigenvalue weighted by Gasteiger charge is -2.49. The largest absolute Gasteiger partial charge is 0.467 e. The van der Waals surface area contributed by atoms with Crippen molar-refractivity contribution in [2.75, 3.05) is 13.1 Å². The average molecular weight is 391 g/mol. The molecular weight excluding hydrogens is 366 g/mol. The van der Waals surface area contributed by atoms with Crippen molar-refractivity contribution in [3.63, 3.8) is 0 Å². The number of fused-ring (bicyclic) bond motifs is 3. The number of furan rings is 1. The molecule has 0 spiro atoms. The van der Waals surface area contributed by atoms with Gasteiger partial charge in [0.05, 0.1) is 31.5 Å². The molecule has 0 radical (unpaired) electrons. The van der Waals surface area contributed by atoms with Gasteiger partial charge in [0.1, 0.15) is 11.5 Å². The second kappa shape index (κ2) is 7.83. The molecule has 7 heteroatoms. The predicted octanol–water partition coefficient (Wildman–Crippen LogP) is 2.56. The molecule has 4 unspecified atom stereocenters. The van der Waals surface area contributed by atoms with Gasteiger partial charge in [0.2, 0.25) is 5.91 Å². The van der Waals surface area contributed by atoms with E-state index >= 15 is 0 Å². The SMILES string of the molecule is O=C(NCc1ccco1)C1CN2CCC1CC2Cn1cc(-c2ccccc2)nn1. The summed E-state index contributed by atoms with van der Waals surface area (Å²) < 4.78 is 7.25. The standard InChI is InChI=1S/C22H25N5O2/c28-22(23-12-19-7-4-10-29-19)20-14-26-9-8-17(20)11-18(26)13-27-15-21(24-25-27)16-5-2-1-3-6-16/h1-7,10,15,17-18,20H,8-9,11-14H2,(H,23,28). The molecule has 6 rings (SSSR count). The molecule has 2 bridgehead atoms. The number of rotatable bonds is 6. The molecule has 1 aromatic carbocycles. The lowest BCUT2D eigenvalue weighted by Crippen LogP contribution is -2.57. The van der Waals surface area contributed by atoms with Crippen LogP contribution in [-0.2, 0) is 17.9 Å². The van der Waals surface area contributed by atoms with E-state index in [0.29, 0.717) is 18.5 Å². The molecule has 0 saturated carbocycles. The minimum atomic E-state index is 0.0607. The van der Waals surface area contributed by atoms with Crippen LogP contribution < -0.4 is 5.32 Å². The van der Waals surface area contributed by atoms with Gasteiger partial charge in [-0.3, -0.25) is 14.4 Å². The van der Waals surface area contributed by atoms with E-state index in [1.165, 1.54) is 0 Å². The van der Waals surface area contributed by atoms with Gasteiger partial charge >= 0.3 is 0 Å². The molecule has 2 aromatic heterocycles. The summed E-state index contributed by atoms with van der Waals surface area (Å²) in [7, 11) is 0. The zero-order valence-corrected chi connectivity index (χ0v) is 16.3. The fourth-order valence-electron chi connectivity index (χ4n) is 4.69. The Kier molecular flexibility index (Phi) is 4.89. The number of piperidine rings is 3. The first kappa shape index (κ1) is 18.1. The Morgan fingerprint density at radius 1 is 1.21 bits per heavy atom. The maximum Gasteiger partial charge on any atom is 0.225 e. The molecule has 1 N–H and O–H groups in total. The molecule has 3 aromatic rings. The van der Waals surface area contributed by atoms with Crippen molar-refractivity contribution < 1.29 is 9.21 Å². The van der Waals surface area contributed by atoms with Gasteiger partial charge in [-0.25, -0.2) is 0 Å². The summed E-state index contributed by atoms with van der Waals surface area (Å²) in [5.74, 6) is 1.42. The normalized spacial score (nSPS) is 25.8. The van der Waals surface area contributed by atoms with Crippen molar-refractivity contribution in [2.24, 2.45) is 11.8 Å². The highest BCUT2D eigenvalue weighted by atomic mass is 16.3. The summed E-state index contributed by atoms with van der Waals surface area (Å²) in [4.78, 5) is 15.1. The lowest BCUT2D eigenvalue weighted by atomic mass is 9.75. The summed E-state index contributed by atoms with van der Waals surface area (Å²) in [5.41, 5.74) is 1.98. The number of hydrogen-bond donors (Lipinski definition) is 1. The van der Waals surface area contributed by atoms with Crippen molar-refractivity contribution in [1.29, 1.82) is 0 Å². The van der Waals surface area contributed by atoms with E-state index in [4.69, 9.17) is 4.42 Å². The summed E-state index contributed by atoms with van der Waals surface area (Å²) in [6.45, 7) is 3.15. The van der Waals surface area contributed by atoms with Crippen molar-refractivity contribution in [3.8, 4) is 11.3 Å². The topological polar surface area (TPSA) is 76.2 Å². The van der Waals surface area contributed by atoms with Crippen molar-refractivity contribution >= 4 is 5.91 Å². The summed E-state index contributed by atoms with van der Waals surface area (Å²) in [6, 6.07) is 14.3. The van der Waals surface area contributed by atoms with Gasteiger partial charge in [0, 0.05) is 18.2 Å². The third-order valence-corrected chi connectivity index (χ3v) is 6.24. The van der Waals surface area contributed by atoms with Gasteiger partial charge in [-0.05, 0) is 37.4 Å². The second-order valence-electron chi connectivity index (χ2n) is 8.03. The van der Waals surface area contributed by atoms with E-state index in [0.717, 1.165) is 49.5 Å². The molecule has 5 heterocycles. The van der Waals surface area contributed by atoms with Crippen LogP contribution in [0.25, 0.3) is 11.3 Å². The van der Waals surface area contributed by atoms with Crippen LogP contribution >= 0.6 is 0 Å². The van der Waals surface area contributed by atoms with Gasteiger partial charge in [-0.15, -0.1) is 5.10 Å². The maximum absolute atomic E-state index is 12.7. The summed E-state index contributed by atoms with van der Waals surface area (Å²) in [6.07, 6.45) is 5.77. The number of hydrogen-bond acceptors (Lipinski definition) is 5. The zero-order valence-electron chi connectivity index (χ0n) is 16.3. The number of nitrogens with one attached hydrogen (secondary N) is 1. The number of benzene rings is 1. The highest BCUT2D eigenvalue weighted by Crippen LogP contribution is 2.37. The molecule has 0 aliphatic carbocycles. The van der Waals surface area contributed by atoms with Gasteiger partial charge in [0.15, 0.2) is 0 Å². The zero-order chi connectivity index (χ0) is 19.6. The first-order valence-corrected chi connectivity index (χ1v) is 10.3. The van der Waals surface area contributed by atoms with Crippen LogP contribution in [0.1, 0.15) is 18.6 Å². The van der Waals surface area contributed by atoms with Gasteiger partial charge in [0.25, 0.3) is 0 Å². The van der Waals surface area contributed by atoms with Crippen LogP contribution in [0.2, 0.25) is 0 Å². The van der Waals surface area contributed by atoms with Crippen molar-refractivity contribution in [3.05, 3.63) is 60.7 Å². The minimum Gasteiger partial charge on any atom is -0.467 e. The van der Waals surface area contributed by atoms with Crippen LogP contribution in [0.5, 0.6) is 0 Å². The monoisotopic (exact) mass is 391 g/mol. The highest BCUT2D eigenvalue weighted by Gasteiger charge is 2.43. The van der Waals surface area contributed by atoms with Crippen LogP contribution in [-0.4, -0.2) is 44.9 Å². The Bertz CT molecular complexity index is 953. The molecule has 3 fully saturated rings. The Balaban J connectivity index is 1.19. The van der Waals surface area contributed by atoms with Crippen molar-refractivity contribution in [2.45, 2.75) is 32.0 Å². The number of aromatic nitrogens is 3. The van der Waals surface area contributed by atoms with E-state index in [1.54, 1.807) is 6.26 Å². The Hall–Kier alpha value is -2.93. The second-order valence-corrected chi connectivity index (χ2v) is 8.03. The van der Waals surface area contributed by atoms with Gasteiger partial charge in [-0.2, -0.15) is 0 Å². The lowest BCUT2D eigenvalue weighted by molar-refractivity contribution is -0.133. The number of amides is 1. The van der Waals surface area contributed by atoms with E-state index in [-0.39, 0.29) is 11.8 Å². The average Bonchev–Trinajstić information content (AvgIpc) is 3.45. The van der Waals surface area contributed by atoms with E-state index in [1.807, 2.05) is 53.3 Å². The molecule has 150 valence electrons. The third-order valence-electron chi connectivity index (χ3n) is 6.24. The van der Waals surface area contributed by atoms with Gasteiger partial charge in [-0.1, -0.05) is 35.5 Å². The number of nitrogens with zero attached hydrogens (tertiary/aromatic N) is 4. The molecule has 7 nitrogen and oxygen atoms in total. The Morgan fingerprint density at radius 3 is 2.86 bits per heavy atom. The fourth-order valence-corrected chi connectivity index (χ4v) is 4.69. The minimum absolute atomic E-state index is 0.0607. The number of carbonyl (C=O) groups is 1. The van der Waals surface area contributed by atoms with Crippen molar-refractivity contribution in [1.82, 2.24) is 25.2 Å². The molecule has 29 heavy (non-hydrogen) atoms. The Labute approximate surface area is 169 Å². The van der Waals surface area contributed by atoms with E-state index < -0.39 is 0 Å².